The molecule has 0 aromatic rings. The predicted molar refractivity (Wildman–Crippen MR) is 65.8 cm³/mol. The van der Waals surface area contributed by atoms with Crippen molar-refractivity contribution in [3.8, 4) is 0 Å². The Morgan fingerprint density at radius 3 is 2.60 bits per heavy atom. The van der Waals surface area contributed by atoms with Gasteiger partial charge in [0.15, 0.2) is 0 Å². The van der Waals surface area contributed by atoms with Gasteiger partial charge in [0.1, 0.15) is 0 Å². The van der Waals surface area contributed by atoms with Crippen LogP contribution in [-0.4, -0.2) is 11.7 Å². The van der Waals surface area contributed by atoms with Crippen molar-refractivity contribution in [3.63, 3.8) is 0 Å². The smallest absolute Gasteiger partial charge is 0.0431 e. The quantitative estimate of drug-likeness (QED) is 0.538. The van der Waals surface area contributed by atoms with Crippen molar-refractivity contribution in [3.05, 3.63) is 11.6 Å². The zero-order valence-electron chi connectivity index (χ0n) is 10.6. The summed E-state index contributed by atoms with van der Waals surface area (Å²) in [4.78, 5) is 0. The number of allylic oxidation sites excluding steroid dienone is 2. The number of aliphatic hydroxyl groups is 1. The van der Waals surface area contributed by atoms with Gasteiger partial charge < -0.3 is 5.11 Å². The van der Waals surface area contributed by atoms with Crippen LogP contribution in [-0.2, 0) is 0 Å². The van der Waals surface area contributed by atoms with Gasteiger partial charge in [0.2, 0.25) is 0 Å². The Morgan fingerprint density at radius 1 is 1.33 bits per heavy atom. The molecule has 0 aromatic heterocycles. The lowest BCUT2D eigenvalue weighted by molar-refractivity contribution is 0.283. The van der Waals surface area contributed by atoms with Crippen LogP contribution in [0, 0.1) is 11.3 Å². The van der Waals surface area contributed by atoms with E-state index in [1.165, 1.54) is 25.7 Å². The Kier molecular flexibility index (Phi) is 4.85. The van der Waals surface area contributed by atoms with Crippen LogP contribution in [0.4, 0.5) is 0 Å². The number of hydrogen-bond acceptors (Lipinski definition) is 1. The zero-order valence-corrected chi connectivity index (χ0v) is 10.6. The molecule has 88 valence electrons. The lowest BCUT2D eigenvalue weighted by atomic mass is 9.91. The molecule has 0 bridgehead atoms. The van der Waals surface area contributed by atoms with Crippen LogP contribution in [0.15, 0.2) is 11.6 Å². The zero-order chi connectivity index (χ0) is 11.3. The van der Waals surface area contributed by atoms with Crippen LogP contribution in [0.3, 0.4) is 0 Å². The lowest BCUT2D eigenvalue weighted by Gasteiger charge is -2.14. The first-order chi connectivity index (χ1) is 7.05. The van der Waals surface area contributed by atoms with Crippen molar-refractivity contribution in [2.24, 2.45) is 11.3 Å². The first-order valence-corrected chi connectivity index (χ1v) is 6.35. The topological polar surface area (TPSA) is 20.2 Å². The van der Waals surface area contributed by atoms with Gasteiger partial charge in [-0.25, -0.2) is 0 Å². The molecule has 0 saturated heterocycles. The van der Waals surface area contributed by atoms with Gasteiger partial charge >= 0.3 is 0 Å². The lowest BCUT2D eigenvalue weighted by Crippen LogP contribution is -2.03. The molecular weight excluding hydrogens is 184 g/mol. The van der Waals surface area contributed by atoms with E-state index in [9.17, 15) is 0 Å². The molecule has 1 atom stereocenters. The summed E-state index contributed by atoms with van der Waals surface area (Å²) in [5.74, 6) is 0.790. The third-order valence-electron chi connectivity index (χ3n) is 3.44. The fourth-order valence-corrected chi connectivity index (χ4v) is 2.75. The van der Waals surface area contributed by atoms with Gasteiger partial charge in [0.25, 0.3) is 0 Å². The molecule has 1 aliphatic carbocycles. The molecule has 1 nitrogen and oxygen atoms in total. The average Bonchev–Trinajstić information content (AvgIpc) is 2.39. The van der Waals surface area contributed by atoms with Gasteiger partial charge in [-0.3, -0.25) is 0 Å². The Labute approximate surface area is 94.6 Å². The van der Waals surface area contributed by atoms with E-state index in [2.05, 4.69) is 26.8 Å². The highest BCUT2D eigenvalue weighted by Crippen LogP contribution is 2.44. The van der Waals surface area contributed by atoms with Crippen molar-refractivity contribution >= 4 is 0 Å². The Bertz CT molecular complexity index is 215. The van der Waals surface area contributed by atoms with E-state index in [0.717, 1.165) is 18.8 Å². The van der Waals surface area contributed by atoms with Crippen molar-refractivity contribution < 1.29 is 5.11 Å². The van der Waals surface area contributed by atoms with Crippen LogP contribution in [0.25, 0.3) is 0 Å². The number of unbranched alkanes of at least 4 members (excludes halogenated alkanes) is 3. The number of aliphatic hydroxyl groups excluding tert-OH is 1. The van der Waals surface area contributed by atoms with E-state index in [-0.39, 0.29) is 0 Å². The fraction of sp³-hybridized carbons (Fsp3) is 0.857. The second-order valence-electron chi connectivity index (χ2n) is 5.80. The third kappa shape index (κ3) is 4.38. The van der Waals surface area contributed by atoms with E-state index >= 15 is 0 Å². The van der Waals surface area contributed by atoms with Crippen molar-refractivity contribution in [1.29, 1.82) is 0 Å². The van der Waals surface area contributed by atoms with Gasteiger partial charge in [0.05, 0.1) is 0 Å². The molecule has 0 aromatic carbocycles. The molecule has 0 aliphatic heterocycles. The molecule has 1 fully saturated rings. The largest absolute Gasteiger partial charge is 0.396 e. The van der Waals surface area contributed by atoms with Crippen LogP contribution in [0.5, 0.6) is 0 Å². The highest BCUT2D eigenvalue weighted by molar-refractivity contribution is 5.14. The molecule has 1 saturated carbocycles. The van der Waals surface area contributed by atoms with Crippen molar-refractivity contribution in [1.82, 2.24) is 0 Å². The minimum atomic E-state index is 0.347. The summed E-state index contributed by atoms with van der Waals surface area (Å²) in [6.45, 7) is 7.44. The molecule has 0 radical (unpaired) electrons. The minimum absolute atomic E-state index is 0.347. The monoisotopic (exact) mass is 210 g/mol. The van der Waals surface area contributed by atoms with Crippen molar-refractivity contribution in [2.75, 3.05) is 6.61 Å². The van der Waals surface area contributed by atoms with E-state index in [1.54, 1.807) is 5.57 Å². The van der Waals surface area contributed by atoms with Gasteiger partial charge in [-0.2, -0.15) is 0 Å². The predicted octanol–water partition coefficient (Wildman–Crippen LogP) is 3.92. The molecular formula is C14H26O. The third-order valence-corrected chi connectivity index (χ3v) is 3.44. The fourth-order valence-electron chi connectivity index (χ4n) is 2.75. The number of rotatable bonds is 5. The highest BCUT2D eigenvalue weighted by Gasteiger charge is 2.31. The van der Waals surface area contributed by atoms with Crippen LogP contribution in [0.1, 0.15) is 59.3 Å². The Balaban J connectivity index is 2.28. The minimum Gasteiger partial charge on any atom is -0.396 e. The van der Waals surface area contributed by atoms with E-state index in [0.29, 0.717) is 12.0 Å². The van der Waals surface area contributed by atoms with E-state index in [1.807, 2.05) is 0 Å². The molecule has 0 amide bonds. The maximum Gasteiger partial charge on any atom is 0.0431 e. The molecule has 0 spiro atoms. The first-order valence-electron chi connectivity index (χ1n) is 6.35. The summed E-state index contributed by atoms with van der Waals surface area (Å²) in [6, 6.07) is 0. The second kappa shape index (κ2) is 5.69. The first kappa shape index (κ1) is 12.8. The molecule has 15 heavy (non-hydrogen) atoms. The molecule has 0 heterocycles. The average molecular weight is 210 g/mol. The van der Waals surface area contributed by atoms with Crippen LogP contribution in [0.2, 0.25) is 0 Å². The Hall–Kier alpha value is -0.300. The maximum atomic E-state index is 8.67. The number of hydrogen-bond donors (Lipinski definition) is 1. The molecule has 1 rings (SSSR count). The van der Waals surface area contributed by atoms with Gasteiger partial charge in [-0.1, -0.05) is 38.8 Å². The summed E-state index contributed by atoms with van der Waals surface area (Å²) in [7, 11) is 0. The molecule has 1 aliphatic rings. The van der Waals surface area contributed by atoms with E-state index in [4.69, 9.17) is 5.11 Å². The van der Waals surface area contributed by atoms with Gasteiger partial charge in [-0.05, 0) is 43.4 Å². The van der Waals surface area contributed by atoms with Crippen molar-refractivity contribution in [2.45, 2.75) is 59.3 Å². The molecule has 1 unspecified atom stereocenters. The van der Waals surface area contributed by atoms with Gasteiger partial charge in [-0.15, -0.1) is 0 Å². The normalized spacial score (nSPS) is 27.5. The van der Waals surface area contributed by atoms with Crippen LogP contribution < -0.4 is 0 Å². The summed E-state index contributed by atoms with van der Waals surface area (Å²) in [5.41, 5.74) is 2.19. The van der Waals surface area contributed by atoms with Crippen LogP contribution >= 0.6 is 0 Å². The molecule has 1 heteroatoms. The summed E-state index contributed by atoms with van der Waals surface area (Å²) in [6.07, 6.45) is 9.65. The second-order valence-corrected chi connectivity index (χ2v) is 5.80. The highest BCUT2D eigenvalue weighted by atomic mass is 16.2. The van der Waals surface area contributed by atoms with E-state index < -0.39 is 0 Å². The Morgan fingerprint density at radius 2 is 2.07 bits per heavy atom. The SMILES string of the molecule is CC1CC(C)(C)C/C1=C/CCCCCO. The van der Waals surface area contributed by atoms with Gasteiger partial charge in [0, 0.05) is 6.61 Å². The molecule has 1 N–H and O–H groups in total. The maximum absolute atomic E-state index is 8.67. The summed E-state index contributed by atoms with van der Waals surface area (Å²) < 4.78 is 0. The standard InChI is InChI=1S/C14H26O/c1-12-10-14(2,3)11-13(12)8-6-4-5-7-9-15/h8,12,15H,4-7,9-11H2,1-3H3/b13-8-. The summed E-state index contributed by atoms with van der Waals surface area (Å²) >= 11 is 0. The summed E-state index contributed by atoms with van der Waals surface area (Å²) in [5, 5.41) is 8.67.